The summed E-state index contributed by atoms with van der Waals surface area (Å²) in [6.45, 7) is 2.02. The molecular formula is C11H10BrClN2. The van der Waals surface area contributed by atoms with Gasteiger partial charge in [-0.15, -0.1) is 0 Å². The van der Waals surface area contributed by atoms with E-state index in [1.165, 1.54) is 0 Å². The van der Waals surface area contributed by atoms with Crippen LogP contribution in [0.25, 0.3) is 11.3 Å². The molecule has 0 bridgehead atoms. The van der Waals surface area contributed by atoms with Gasteiger partial charge in [0.15, 0.2) is 0 Å². The summed E-state index contributed by atoms with van der Waals surface area (Å²) < 4.78 is 2.87. The molecule has 0 N–H and O–H groups in total. The molecule has 2 nitrogen and oxygen atoms in total. The van der Waals surface area contributed by atoms with E-state index in [1.807, 2.05) is 42.9 Å². The van der Waals surface area contributed by atoms with Crippen molar-refractivity contribution in [2.45, 2.75) is 6.92 Å². The van der Waals surface area contributed by atoms with Crippen LogP contribution in [-0.2, 0) is 7.05 Å². The first-order valence-corrected chi connectivity index (χ1v) is 5.71. The molecule has 0 fully saturated rings. The molecule has 0 aliphatic heterocycles. The number of hydrogen-bond donors (Lipinski definition) is 0. The Labute approximate surface area is 102 Å². The Morgan fingerprint density at radius 1 is 1.40 bits per heavy atom. The van der Waals surface area contributed by atoms with Gasteiger partial charge in [-0.3, -0.25) is 4.68 Å². The Morgan fingerprint density at radius 3 is 2.67 bits per heavy atom. The highest BCUT2D eigenvalue weighted by Crippen LogP contribution is 2.30. The topological polar surface area (TPSA) is 17.8 Å². The lowest BCUT2D eigenvalue weighted by atomic mass is 10.1. The van der Waals surface area contributed by atoms with E-state index in [9.17, 15) is 0 Å². The maximum absolute atomic E-state index is 5.94. The van der Waals surface area contributed by atoms with Crippen molar-refractivity contribution in [3.05, 3.63) is 39.5 Å². The van der Waals surface area contributed by atoms with E-state index in [4.69, 9.17) is 11.6 Å². The molecule has 4 heteroatoms. The summed E-state index contributed by atoms with van der Waals surface area (Å²) in [7, 11) is 1.92. The third kappa shape index (κ3) is 1.94. The van der Waals surface area contributed by atoms with Crippen molar-refractivity contribution in [1.82, 2.24) is 9.78 Å². The lowest BCUT2D eigenvalue weighted by Crippen LogP contribution is -1.92. The molecule has 0 radical (unpaired) electrons. The first kappa shape index (κ1) is 10.7. The third-order valence-electron chi connectivity index (χ3n) is 2.36. The molecule has 2 aromatic rings. The molecular weight excluding hydrogens is 275 g/mol. The summed E-state index contributed by atoms with van der Waals surface area (Å²) in [6.07, 6.45) is 0. The number of halogens is 2. The van der Waals surface area contributed by atoms with Crippen molar-refractivity contribution >= 4 is 27.5 Å². The molecule has 1 heterocycles. The van der Waals surface area contributed by atoms with Crippen molar-refractivity contribution < 1.29 is 0 Å². The van der Waals surface area contributed by atoms with E-state index in [0.717, 1.165) is 26.4 Å². The lowest BCUT2D eigenvalue weighted by Gasteiger charge is -1.97. The molecule has 0 aliphatic rings. The van der Waals surface area contributed by atoms with E-state index in [0.29, 0.717) is 0 Å². The smallest absolute Gasteiger partial charge is 0.107 e. The Bertz CT molecular complexity index is 505. The second-order valence-electron chi connectivity index (χ2n) is 3.38. The highest BCUT2D eigenvalue weighted by molar-refractivity contribution is 9.10. The van der Waals surface area contributed by atoms with E-state index in [1.54, 1.807) is 0 Å². The first-order valence-electron chi connectivity index (χ1n) is 4.54. The summed E-state index contributed by atoms with van der Waals surface area (Å²) >= 11 is 9.48. The number of aromatic nitrogens is 2. The molecule has 1 aromatic heterocycles. The molecule has 0 aliphatic carbocycles. The van der Waals surface area contributed by atoms with E-state index in [-0.39, 0.29) is 0 Å². The minimum Gasteiger partial charge on any atom is -0.271 e. The second kappa shape index (κ2) is 3.99. The van der Waals surface area contributed by atoms with E-state index < -0.39 is 0 Å². The van der Waals surface area contributed by atoms with Gasteiger partial charge in [-0.25, -0.2) is 0 Å². The molecule has 0 saturated heterocycles. The fourth-order valence-corrected chi connectivity index (χ4v) is 2.16. The maximum Gasteiger partial charge on any atom is 0.107 e. The summed E-state index contributed by atoms with van der Waals surface area (Å²) in [6, 6.07) is 7.69. The third-order valence-corrected chi connectivity index (χ3v) is 3.54. The van der Waals surface area contributed by atoms with Gasteiger partial charge in [0.05, 0.1) is 4.47 Å². The summed E-state index contributed by atoms with van der Waals surface area (Å²) in [5.41, 5.74) is 3.06. The first-order chi connectivity index (χ1) is 7.09. The van der Waals surface area contributed by atoms with Gasteiger partial charge in [-0.1, -0.05) is 23.7 Å². The molecule has 0 unspecified atom stereocenters. The Balaban J connectivity index is 2.59. The lowest BCUT2D eigenvalue weighted by molar-refractivity contribution is 0.742. The highest BCUT2D eigenvalue weighted by Gasteiger charge is 2.11. The van der Waals surface area contributed by atoms with Crippen LogP contribution in [0.15, 0.2) is 28.7 Å². The van der Waals surface area contributed by atoms with E-state index in [2.05, 4.69) is 21.0 Å². The molecule has 0 saturated carbocycles. The van der Waals surface area contributed by atoms with Gasteiger partial charge in [0.2, 0.25) is 0 Å². The molecule has 0 spiro atoms. The Kier molecular flexibility index (Phi) is 2.85. The van der Waals surface area contributed by atoms with Gasteiger partial charge in [0.1, 0.15) is 5.69 Å². The minimum absolute atomic E-state index is 0.725. The van der Waals surface area contributed by atoms with Gasteiger partial charge in [-0.2, -0.15) is 5.10 Å². The number of hydrogen-bond acceptors (Lipinski definition) is 1. The van der Waals surface area contributed by atoms with Gasteiger partial charge in [0.25, 0.3) is 0 Å². The highest BCUT2D eigenvalue weighted by atomic mass is 79.9. The van der Waals surface area contributed by atoms with Gasteiger partial charge < -0.3 is 0 Å². The molecule has 78 valence electrons. The van der Waals surface area contributed by atoms with Crippen LogP contribution in [0.1, 0.15) is 5.69 Å². The molecule has 2 rings (SSSR count). The van der Waals surface area contributed by atoms with Crippen molar-refractivity contribution in [2.24, 2.45) is 7.05 Å². The van der Waals surface area contributed by atoms with E-state index >= 15 is 0 Å². The fourth-order valence-electron chi connectivity index (χ4n) is 1.40. The van der Waals surface area contributed by atoms with Crippen LogP contribution in [0, 0.1) is 6.92 Å². The molecule has 0 amide bonds. The number of benzene rings is 1. The van der Waals surface area contributed by atoms with Crippen molar-refractivity contribution in [3.8, 4) is 11.3 Å². The number of rotatable bonds is 1. The zero-order valence-corrected chi connectivity index (χ0v) is 10.8. The zero-order valence-electron chi connectivity index (χ0n) is 8.46. The van der Waals surface area contributed by atoms with Crippen LogP contribution in [0.2, 0.25) is 5.02 Å². The van der Waals surface area contributed by atoms with Crippen LogP contribution in [0.4, 0.5) is 0 Å². The van der Waals surface area contributed by atoms with Crippen LogP contribution in [-0.4, -0.2) is 9.78 Å². The number of nitrogens with zero attached hydrogens (tertiary/aromatic N) is 2. The van der Waals surface area contributed by atoms with Crippen LogP contribution >= 0.6 is 27.5 Å². The predicted molar refractivity (Wildman–Crippen MR) is 66.1 cm³/mol. The van der Waals surface area contributed by atoms with Gasteiger partial charge in [0, 0.05) is 23.3 Å². The Hall–Kier alpha value is -0.800. The summed E-state index contributed by atoms with van der Waals surface area (Å²) in [5, 5.41) is 5.16. The molecule has 1 aromatic carbocycles. The average molecular weight is 286 g/mol. The average Bonchev–Trinajstić information content (AvgIpc) is 2.46. The number of aryl methyl sites for hydroxylation is 1. The standard InChI is InChI=1S/C11H10BrClN2/c1-7-10(12)11(14-15(7)2)8-4-3-5-9(13)6-8/h3-6H,1-2H3. The van der Waals surface area contributed by atoms with Crippen molar-refractivity contribution in [3.63, 3.8) is 0 Å². The monoisotopic (exact) mass is 284 g/mol. The summed E-state index contributed by atoms with van der Waals surface area (Å²) in [5.74, 6) is 0. The Morgan fingerprint density at radius 2 is 2.13 bits per heavy atom. The van der Waals surface area contributed by atoms with Gasteiger partial charge >= 0.3 is 0 Å². The molecule has 0 atom stereocenters. The van der Waals surface area contributed by atoms with Crippen LogP contribution in [0.3, 0.4) is 0 Å². The molecule has 15 heavy (non-hydrogen) atoms. The fraction of sp³-hybridized carbons (Fsp3) is 0.182. The largest absolute Gasteiger partial charge is 0.271 e. The SMILES string of the molecule is Cc1c(Br)c(-c2cccc(Cl)c2)nn1C. The van der Waals surface area contributed by atoms with Crippen molar-refractivity contribution in [1.29, 1.82) is 0 Å². The second-order valence-corrected chi connectivity index (χ2v) is 4.61. The predicted octanol–water partition coefficient (Wildman–Crippen LogP) is 3.81. The van der Waals surface area contributed by atoms with Crippen LogP contribution in [0.5, 0.6) is 0 Å². The summed E-state index contributed by atoms with van der Waals surface area (Å²) in [4.78, 5) is 0. The van der Waals surface area contributed by atoms with Crippen molar-refractivity contribution in [2.75, 3.05) is 0 Å². The minimum atomic E-state index is 0.725. The normalized spacial score (nSPS) is 10.7. The van der Waals surface area contributed by atoms with Crippen LogP contribution < -0.4 is 0 Å². The quantitative estimate of drug-likeness (QED) is 0.779. The zero-order chi connectivity index (χ0) is 11.0. The van der Waals surface area contributed by atoms with Gasteiger partial charge in [-0.05, 0) is 35.0 Å². The maximum atomic E-state index is 5.94.